The Bertz CT molecular complexity index is 333. The number of carboxylic acids is 1. The SMILES string of the molecule is CC(=O)C/C(=C/C(=O)OC(C)(C)C)C(=O)O. The van der Waals surface area contributed by atoms with E-state index < -0.39 is 17.5 Å². The Morgan fingerprint density at radius 3 is 2.06 bits per heavy atom. The molecule has 0 rings (SSSR count). The van der Waals surface area contributed by atoms with Crippen molar-refractivity contribution < 1.29 is 24.2 Å². The van der Waals surface area contributed by atoms with E-state index in [0.29, 0.717) is 0 Å². The summed E-state index contributed by atoms with van der Waals surface area (Å²) in [5.41, 5.74) is -0.949. The van der Waals surface area contributed by atoms with Gasteiger partial charge in [0.1, 0.15) is 11.4 Å². The van der Waals surface area contributed by atoms with Crippen LogP contribution in [0.1, 0.15) is 34.1 Å². The van der Waals surface area contributed by atoms with Gasteiger partial charge in [0.2, 0.25) is 0 Å². The van der Waals surface area contributed by atoms with Gasteiger partial charge in [-0.2, -0.15) is 0 Å². The van der Waals surface area contributed by atoms with Gasteiger partial charge >= 0.3 is 11.9 Å². The molecule has 0 heterocycles. The lowest BCUT2D eigenvalue weighted by molar-refractivity contribution is -0.149. The Labute approximate surface area is 94.1 Å². The molecular weight excluding hydrogens is 212 g/mol. The second-order valence-electron chi connectivity index (χ2n) is 4.39. The summed E-state index contributed by atoms with van der Waals surface area (Å²) < 4.78 is 4.91. The normalized spacial score (nSPS) is 12.1. The second kappa shape index (κ2) is 5.44. The molecule has 0 radical (unpaired) electrons. The summed E-state index contributed by atoms with van der Waals surface area (Å²) in [5, 5.41) is 8.74. The van der Waals surface area contributed by atoms with Gasteiger partial charge in [0.25, 0.3) is 0 Å². The molecule has 0 unspecified atom stereocenters. The largest absolute Gasteiger partial charge is 0.478 e. The first-order valence-corrected chi connectivity index (χ1v) is 4.78. The molecule has 0 aromatic heterocycles. The second-order valence-corrected chi connectivity index (χ2v) is 4.39. The molecule has 0 aliphatic heterocycles. The maximum Gasteiger partial charge on any atom is 0.332 e. The van der Waals surface area contributed by atoms with Gasteiger partial charge in [0.15, 0.2) is 0 Å². The lowest BCUT2D eigenvalue weighted by Crippen LogP contribution is -2.23. The standard InChI is InChI=1S/C11H16O5/c1-7(12)5-8(10(14)15)6-9(13)16-11(2,3)4/h6H,5H2,1-4H3,(H,14,15)/b8-6-. The Kier molecular flexibility index (Phi) is 4.88. The zero-order chi connectivity index (χ0) is 12.9. The number of carboxylic acid groups (broad SMARTS) is 1. The van der Waals surface area contributed by atoms with E-state index in [1.807, 2.05) is 0 Å². The minimum Gasteiger partial charge on any atom is -0.478 e. The topological polar surface area (TPSA) is 80.7 Å². The van der Waals surface area contributed by atoms with Crippen molar-refractivity contribution in [1.82, 2.24) is 0 Å². The molecule has 0 saturated heterocycles. The van der Waals surface area contributed by atoms with Crippen LogP contribution in [0.25, 0.3) is 0 Å². The maximum atomic E-state index is 11.3. The third-order valence-electron chi connectivity index (χ3n) is 1.41. The fraction of sp³-hybridized carbons (Fsp3) is 0.545. The average molecular weight is 228 g/mol. The van der Waals surface area contributed by atoms with E-state index in [0.717, 1.165) is 6.08 Å². The summed E-state index contributed by atoms with van der Waals surface area (Å²) in [7, 11) is 0. The fourth-order valence-corrected chi connectivity index (χ4v) is 0.930. The van der Waals surface area contributed by atoms with Crippen LogP contribution in [0.5, 0.6) is 0 Å². The summed E-state index contributed by atoms with van der Waals surface area (Å²) in [6, 6.07) is 0. The van der Waals surface area contributed by atoms with Crippen LogP contribution >= 0.6 is 0 Å². The Hall–Kier alpha value is -1.65. The molecule has 5 heteroatoms. The highest BCUT2D eigenvalue weighted by Crippen LogP contribution is 2.10. The van der Waals surface area contributed by atoms with Gasteiger partial charge in [-0.3, -0.25) is 4.79 Å². The van der Waals surface area contributed by atoms with E-state index >= 15 is 0 Å². The van der Waals surface area contributed by atoms with Crippen molar-refractivity contribution in [2.45, 2.75) is 39.7 Å². The highest BCUT2D eigenvalue weighted by atomic mass is 16.6. The number of rotatable bonds is 4. The number of carbonyl (C=O) groups excluding carboxylic acids is 2. The first-order chi connectivity index (χ1) is 7.11. The van der Waals surface area contributed by atoms with Gasteiger partial charge in [-0.25, -0.2) is 9.59 Å². The molecule has 0 aliphatic rings. The van der Waals surface area contributed by atoms with Crippen LogP contribution < -0.4 is 0 Å². The Morgan fingerprint density at radius 2 is 1.75 bits per heavy atom. The van der Waals surface area contributed by atoms with Gasteiger partial charge in [-0.1, -0.05) is 0 Å². The smallest absolute Gasteiger partial charge is 0.332 e. The predicted octanol–water partition coefficient (Wildman–Crippen LogP) is 1.32. The van der Waals surface area contributed by atoms with Crippen LogP contribution in [0.4, 0.5) is 0 Å². The zero-order valence-electron chi connectivity index (χ0n) is 9.86. The third kappa shape index (κ3) is 6.75. The van der Waals surface area contributed by atoms with Crippen LogP contribution in [-0.4, -0.2) is 28.4 Å². The summed E-state index contributed by atoms with van der Waals surface area (Å²) in [6.07, 6.45) is 0.559. The summed E-state index contributed by atoms with van der Waals surface area (Å²) >= 11 is 0. The van der Waals surface area contributed by atoms with Gasteiger partial charge < -0.3 is 9.84 Å². The van der Waals surface area contributed by atoms with Crippen molar-refractivity contribution in [3.63, 3.8) is 0 Å². The highest BCUT2D eigenvalue weighted by molar-refractivity contribution is 5.99. The lowest BCUT2D eigenvalue weighted by Gasteiger charge is -2.18. The average Bonchev–Trinajstić information content (AvgIpc) is 1.97. The van der Waals surface area contributed by atoms with Crippen molar-refractivity contribution >= 4 is 17.7 Å². The fourth-order valence-electron chi connectivity index (χ4n) is 0.930. The van der Waals surface area contributed by atoms with Crippen LogP contribution in [0.3, 0.4) is 0 Å². The molecule has 0 aromatic carbocycles. The van der Waals surface area contributed by atoms with E-state index in [1.165, 1.54) is 6.92 Å². The molecule has 90 valence electrons. The Morgan fingerprint density at radius 1 is 1.25 bits per heavy atom. The third-order valence-corrected chi connectivity index (χ3v) is 1.41. The summed E-state index contributed by atoms with van der Waals surface area (Å²) in [5.74, 6) is -2.37. The minimum absolute atomic E-state index is 0.262. The number of aliphatic carboxylic acids is 1. The van der Waals surface area contributed by atoms with Crippen molar-refractivity contribution in [2.75, 3.05) is 0 Å². The molecule has 0 aliphatic carbocycles. The van der Waals surface area contributed by atoms with Gasteiger partial charge in [0.05, 0.1) is 5.57 Å². The number of esters is 1. The molecule has 0 atom stereocenters. The van der Waals surface area contributed by atoms with Crippen LogP contribution in [0.15, 0.2) is 11.6 Å². The number of hydrogen-bond acceptors (Lipinski definition) is 4. The van der Waals surface area contributed by atoms with E-state index in [9.17, 15) is 14.4 Å². The predicted molar refractivity (Wildman–Crippen MR) is 56.9 cm³/mol. The molecule has 0 fully saturated rings. The summed E-state index contributed by atoms with van der Waals surface area (Å²) in [4.78, 5) is 32.8. The Balaban J connectivity index is 4.73. The number of ketones is 1. The van der Waals surface area contributed by atoms with Gasteiger partial charge in [-0.15, -0.1) is 0 Å². The highest BCUT2D eigenvalue weighted by Gasteiger charge is 2.17. The van der Waals surface area contributed by atoms with Crippen LogP contribution in [0.2, 0.25) is 0 Å². The quantitative estimate of drug-likeness (QED) is 0.579. The van der Waals surface area contributed by atoms with Crippen molar-refractivity contribution in [2.24, 2.45) is 0 Å². The molecule has 0 amide bonds. The van der Waals surface area contributed by atoms with Gasteiger partial charge in [-0.05, 0) is 27.7 Å². The van der Waals surface area contributed by atoms with Crippen LogP contribution in [0, 0.1) is 0 Å². The first kappa shape index (κ1) is 14.3. The minimum atomic E-state index is -1.29. The van der Waals surface area contributed by atoms with Crippen molar-refractivity contribution in [3.8, 4) is 0 Å². The van der Waals surface area contributed by atoms with Gasteiger partial charge in [0, 0.05) is 12.5 Å². The molecule has 5 nitrogen and oxygen atoms in total. The maximum absolute atomic E-state index is 11.3. The number of ether oxygens (including phenoxy) is 1. The van der Waals surface area contributed by atoms with Crippen LogP contribution in [-0.2, 0) is 19.1 Å². The lowest BCUT2D eigenvalue weighted by atomic mass is 10.1. The van der Waals surface area contributed by atoms with Crippen molar-refractivity contribution in [1.29, 1.82) is 0 Å². The molecule has 1 N–H and O–H groups in total. The number of Topliss-reactive ketones (excluding diaryl/α,β-unsaturated/α-hetero) is 1. The molecule has 16 heavy (non-hydrogen) atoms. The van der Waals surface area contributed by atoms with E-state index in [4.69, 9.17) is 9.84 Å². The van der Waals surface area contributed by atoms with Crippen molar-refractivity contribution in [3.05, 3.63) is 11.6 Å². The first-order valence-electron chi connectivity index (χ1n) is 4.78. The van der Waals surface area contributed by atoms with E-state index in [-0.39, 0.29) is 17.8 Å². The molecule has 0 bridgehead atoms. The molecule has 0 spiro atoms. The molecule has 0 aromatic rings. The molecular formula is C11H16O5. The summed E-state index contributed by atoms with van der Waals surface area (Å²) in [6.45, 7) is 6.27. The number of carbonyl (C=O) groups is 3. The zero-order valence-corrected chi connectivity index (χ0v) is 9.86. The monoisotopic (exact) mass is 228 g/mol. The number of hydrogen-bond donors (Lipinski definition) is 1. The molecule has 0 saturated carbocycles. The van der Waals surface area contributed by atoms with E-state index in [1.54, 1.807) is 20.8 Å². The van der Waals surface area contributed by atoms with E-state index in [2.05, 4.69) is 0 Å².